The van der Waals surface area contributed by atoms with E-state index in [0.29, 0.717) is 0 Å². The van der Waals surface area contributed by atoms with Gasteiger partial charge in [0.25, 0.3) is 0 Å². The number of aromatic nitrogens is 1. The van der Waals surface area contributed by atoms with Gasteiger partial charge >= 0.3 is 6.92 Å². The van der Waals surface area contributed by atoms with Crippen LogP contribution in [0.15, 0.2) is 158 Å². The van der Waals surface area contributed by atoms with Crippen LogP contribution in [0.3, 0.4) is 0 Å². The number of hydrogen-bond acceptors (Lipinski definition) is 2. The number of benzene rings is 7. The fourth-order valence-corrected chi connectivity index (χ4v) is 7.45. The van der Waals surface area contributed by atoms with Crippen LogP contribution in [0, 0.1) is 0 Å². The van der Waals surface area contributed by atoms with Gasteiger partial charge in [-0.2, -0.15) is 0 Å². The van der Waals surface area contributed by atoms with E-state index in [4.69, 9.17) is 9.39 Å². The lowest BCUT2D eigenvalue weighted by Crippen LogP contribution is -2.53. The molecule has 0 atom stereocenters. The first-order valence-corrected chi connectivity index (χ1v) is 15.7. The maximum absolute atomic E-state index is 6.86. The molecule has 3 heterocycles. The highest BCUT2D eigenvalue weighted by Gasteiger charge is 2.41. The molecule has 10 rings (SSSR count). The molecule has 0 fully saturated rings. The van der Waals surface area contributed by atoms with Gasteiger partial charge in [-0.25, -0.2) is 0 Å². The third-order valence-corrected chi connectivity index (χ3v) is 9.49. The van der Waals surface area contributed by atoms with Crippen LogP contribution in [0.5, 0.6) is 17.2 Å². The molecule has 0 saturated heterocycles. The fourth-order valence-electron chi connectivity index (χ4n) is 7.45. The summed E-state index contributed by atoms with van der Waals surface area (Å²) in [5, 5.41) is 2.47. The van der Waals surface area contributed by atoms with Crippen LogP contribution < -0.4 is 20.3 Å². The Morgan fingerprint density at radius 2 is 1.09 bits per heavy atom. The van der Waals surface area contributed by atoms with Crippen molar-refractivity contribution in [2.24, 2.45) is 0 Å². The average molecular weight is 587 g/mol. The molecule has 7 aromatic carbocycles. The molecular formula is C42H26BNO2. The number of ether oxygens (including phenoxy) is 1. The zero-order valence-corrected chi connectivity index (χ0v) is 24.9. The minimum Gasteiger partial charge on any atom is -0.551 e. The smallest absolute Gasteiger partial charge is 0.434 e. The van der Waals surface area contributed by atoms with Crippen molar-refractivity contribution in [3.05, 3.63) is 158 Å². The first-order valence-electron chi connectivity index (χ1n) is 15.7. The molecule has 214 valence electrons. The molecular weight excluding hydrogens is 561 g/mol. The van der Waals surface area contributed by atoms with E-state index in [2.05, 4.69) is 150 Å². The fraction of sp³-hybridized carbons (Fsp3) is 0. The second-order valence-corrected chi connectivity index (χ2v) is 12.0. The van der Waals surface area contributed by atoms with Crippen LogP contribution in [-0.2, 0) is 0 Å². The summed E-state index contributed by atoms with van der Waals surface area (Å²) in [4.78, 5) is 0. The zero-order valence-electron chi connectivity index (χ0n) is 24.9. The van der Waals surface area contributed by atoms with E-state index in [1.54, 1.807) is 0 Å². The maximum Gasteiger partial charge on any atom is 0.434 e. The standard InChI is InChI=1S/C42H26BNO2/c1-2-12-27(13-3-1)30-14-4-5-15-31(30)28-22-23-39-34(24-28)35-25-29(26-41-42(35)43(46-39)36-18-8-11-21-40(36)45-41)44-37-19-9-6-16-32(37)33-17-7-10-20-38(33)44/h1-26H. The van der Waals surface area contributed by atoms with Gasteiger partial charge in [-0.1, -0.05) is 115 Å². The number of nitrogens with zero attached hydrogens (tertiary/aromatic N) is 1. The van der Waals surface area contributed by atoms with Gasteiger partial charge in [-0.3, -0.25) is 0 Å². The largest absolute Gasteiger partial charge is 0.551 e. The van der Waals surface area contributed by atoms with Gasteiger partial charge in [0.05, 0.1) is 16.7 Å². The summed E-state index contributed by atoms with van der Waals surface area (Å²) in [6.45, 7) is -0.253. The van der Waals surface area contributed by atoms with E-state index in [-0.39, 0.29) is 6.92 Å². The van der Waals surface area contributed by atoms with E-state index in [1.807, 2.05) is 12.1 Å². The molecule has 0 aliphatic carbocycles. The van der Waals surface area contributed by atoms with Crippen LogP contribution in [0.2, 0.25) is 0 Å². The van der Waals surface area contributed by atoms with Crippen molar-refractivity contribution >= 4 is 39.6 Å². The van der Waals surface area contributed by atoms with Crippen molar-refractivity contribution in [1.82, 2.24) is 4.57 Å². The van der Waals surface area contributed by atoms with Gasteiger partial charge in [0.1, 0.15) is 17.2 Å². The molecule has 0 amide bonds. The minimum atomic E-state index is -0.253. The van der Waals surface area contributed by atoms with E-state index in [1.165, 1.54) is 38.5 Å². The Kier molecular flexibility index (Phi) is 5.37. The normalized spacial score (nSPS) is 12.7. The Bertz CT molecular complexity index is 2440. The Morgan fingerprint density at radius 1 is 0.435 bits per heavy atom. The zero-order chi connectivity index (χ0) is 30.2. The highest BCUT2D eigenvalue weighted by molar-refractivity contribution is 6.84. The Hall–Kier alpha value is -6.00. The van der Waals surface area contributed by atoms with Crippen molar-refractivity contribution in [2.75, 3.05) is 0 Å². The topological polar surface area (TPSA) is 23.4 Å². The molecule has 4 heteroatoms. The lowest BCUT2D eigenvalue weighted by molar-refractivity contribution is 0.479. The maximum atomic E-state index is 6.86. The van der Waals surface area contributed by atoms with Crippen LogP contribution >= 0.6 is 0 Å². The Morgan fingerprint density at radius 3 is 1.87 bits per heavy atom. The van der Waals surface area contributed by atoms with Gasteiger partial charge in [0.15, 0.2) is 0 Å². The summed E-state index contributed by atoms with van der Waals surface area (Å²) in [6, 6.07) is 55.9. The van der Waals surface area contributed by atoms with E-state index in [9.17, 15) is 0 Å². The number of fused-ring (bicyclic) bond motifs is 7. The monoisotopic (exact) mass is 587 g/mol. The van der Waals surface area contributed by atoms with Crippen molar-refractivity contribution in [3.8, 4) is 56.3 Å². The predicted molar refractivity (Wildman–Crippen MR) is 189 cm³/mol. The summed E-state index contributed by atoms with van der Waals surface area (Å²) < 4.78 is 15.9. The van der Waals surface area contributed by atoms with Crippen molar-refractivity contribution in [2.45, 2.75) is 0 Å². The first kappa shape index (κ1) is 25.3. The lowest BCUT2D eigenvalue weighted by Gasteiger charge is -2.33. The molecule has 8 aromatic rings. The molecule has 0 saturated carbocycles. The second-order valence-electron chi connectivity index (χ2n) is 12.0. The molecule has 1 aromatic heterocycles. The van der Waals surface area contributed by atoms with Crippen LogP contribution in [0.4, 0.5) is 0 Å². The molecule has 3 nitrogen and oxygen atoms in total. The number of rotatable bonds is 3. The van der Waals surface area contributed by atoms with E-state index >= 15 is 0 Å². The summed E-state index contributed by atoms with van der Waals surface area (Å²) in [5.41, 5.74) is 12.5. The summed E-state index contributed by atoms with van der Waals surface area (Å²) in [6.07, 6.45) is 0. The van der Waals surface area contributed by atoms with Gasteiger partial charge in [-0.05, 0) is 64.2 Å². The van der Waals surface area contributed by atoms with Gasteiger partial charge in [0, 0.05) is 33.3 Å². The lowest BCUT2D eigenvalue weighted by atomic mass is 9.51. The third kappa shape index (κ3) is 3.67. The second kappa shape index (κ2) is 9.75. The van der Waals surface area contributed by atoms with Crippen LogP contribution in [-0.4, -0.2) is 11.5 Å². The van der Waals surface area contributed by atoms with Crippen LogP contribution in [0.1, 0.15) is 0 Å². The van der Waals surface area contributed by atoms with E-state index in [0.717, 1.165) is 50.6 Å². The molecule has 0 N–H and O–H groups in total. The molecule has 0 radical (unpaired) electrons. The average Bonchev–Trinajstić information content (AvgIpc) is 3.46. The highest BCUT2D eigenvalue weighted by atomic mass is 16.5. The van der Waals surface area contributed by atoms with Crippen LogP contribution in [0.25, 0.3) is 60.9 Å². The van der Waals surface area contributed by atoms with Gasteiger partial charge < -0.3 is 14.0 Å². The number of hydrogen-bond donors (Lipinski definition) is 0. The molecule has 0 unspecified atom stereocenters. The highest BCUT2D eigenvalue weighted by Crippen LogP contribution is 2.44. The van der Waals surface area contributed by atoms with Crippen molar-refractivity contribution < 1.29 is 9.39 Å². The summed E-state index contributed by atoms with van der Waals surface area (Å²) in [5.74, 6) is 2.54. The van der Waals surface area contributed by atoms with Crippen molar-refractivity contribution in [1.29, 1.82) is 0 Å². The number of para-hydroxylation sites is 3. The summed E-state index contributed by atoms with van der Waals surface area (Å²) in [7, 11) is 0. The summed E-state index contributed by atoms with van der Waals surface area (Å²) >= 11 is 0. The first-order chi connectivity index (χ1) is 22.8. The molecule has 2 aliphatic heterocycles. The quantitative estimate of drug-likeness (QED) is 0.192. The molecule has 2 aliphatic rings. The van der Waals surface area contributed by atoms with Gasteiger partial charge in [-0.15, -0.1) is 0 Å². The van der Waals surface area contributed by atoms with E-state index < -0.39 is 0 Å². The Balaban J connectivity index is 1.24. The molecule has 0 bridgehead atoms. The predicted octanol–water partition coefficient (Wildman–Crippen LogP) is 9.39. The molecule has 0 spiro atoms. The Labute approximate surface area is 267 Å². The van der Waals surface area contributed by atoms with Crippen molar-refractivity contribution in [3.63, 3.8) is 0 Å². The SMILES string of the molecule is c1ccc(-c2ccccc2-c2ccc3c(c2)-c2cc(-n4c5ccccc5c5ccccc54)cc4c2B(O3)c2ccccc2O4)cc1. The van der Waals surface area contributed by atoms with Gasteiger partial charge in [0.2, 0.25) is 0 Å². The third-order valence-electron chi connectivity index (χ3n) is 9.49. The molecule has 46 heavy (non-hydrogen) atoms. The minimum absolute atomic E-state index is 0.253.